The summed E-state index contributed by atoms with van der Waals surface area (Å²) in [7, 11) is 2.06. The van der Waals surface area contributed by atoms with Crippen LogP contribution in [0.2, 0.25) is 0 Å². The standard InChI is InChI=1S/C18H32N2/c1-6-12-20(7-2)14-18(19-5)17-10-8-16(9-11-17)13-15(3)4/h8-11,15,18-19H,6-7,12-14H2,1-5H3. The zero-order chi connectivity index (χ0) is 15.0. The van der Waals surface area contributed by atoms with Gasteiger partial charge < -0.3 is 10.2 Å². The van der Waals surface area contributed by atoms with Crippen LogP contribution in [0.15, 0.2) is 24.3 Å². The van der Waals surface area contributed by atoms with Crippen LogP contribution < -0.4 is 5.32 Å². The van der Waals surface area contributed by atoms with E-state index in [0.717, 1.165) is 19.0 Å². The zero-order valence-corrected chi connectivity index (χ0v) is 13.9. The second kappa shape index (κ2) is 9.15. The van der Waals surface area contributed by atoms with E-state index in [1.807, 2.05) is 0 Å². The summed E-state index contributed by atoms with van der Waals surface area (Å²) in [6, 6.07) is 9.58. The van der Waals surface area contributed by atoms with E-state index in [1.54, 1.807) is 0 Å². The molecule has 0 amide bonds. The third kappa shape index (κ3) is 5.64. The minimum atomic E-state index is 0.426. The Morgan fingerprint density at radius 3 is 2.20 bits per heavy atom. The molecular formula is C18H32N2. The van der Waals surface area contributed by atoms with Crippen molar-refractivity contribution < 1.29 is 0 Å². The molecule has 20 heavy (non-hydrogen) atoms. The molecule has 1 atom stereocenters. The highest BCUT2D eigenvalue weighted by Crippen LogP contribution is 2.17. The molecule has 2 heteroatoms. The quantitative estimate of drug-likeness (QED) is 0.736. The van der Waals surface area contributed by atoms with Crippen molar-refractivity contribution in [2.24, 2.45) is 5.92 Å². The van der Waals surface area contributed by atoms with Crippen LogP contribution in [0.1, 0.15) is 51.3 Å². The fourth-order valence-electron chi connectivity index (χ4n) is 2.67. The van der Waals surface area contributed by atoms with Gasteiger partial charge in [-0.1, -0.05) is 52.0 Å². The fraction of sp³-hybridized carbons (Fsp3) is 0.667. The highest BCUT2D eigenvalue weighted by atomic mass is 15.1. The Morgan fingerprint density at radius 1 is 1.10 bits per heavy atom. The van der Waals surface area contributed by atoms with Crippen molar-refractivity contribution in [2.45, 2.75) is 46.6 Å². The zero-order valence-electron chi connectivity index (χ0n) is 13.9. The van der Waals surface area contributed by atoms with E-state index in [2.05, 4.69) is 69.2 Å². The van der Waals surface area contributed by atoms with Crippen LogP contribution in [0, 0.1) is 5.92 Å². The highest BCUT2D eigenvalue weighted by molar-refractivity contribution is 5.25. The number of likely N-dealkylation sites (N-methyl/N-ethyl adjacent to an activating group) is 2. The van der Waals surface area contributed by atoms with Gasteiger partial charge in [-0.15, -0.1) is 0 Å². The first kappa shape index (κ1) is 17.2. The number of benzene rings is 1. The Labute approximate surface area is 125 Å². The van der Waals surface area contributed by atoms with E-state index in [1.165, 1.54) is 30.5 Å². The number of hydrogen-bond donors (Lipinski definition) is 1. The van der Waals surface area contributed by atoms with Crippen LogP contribution in [0.4, 0.5) is 0 Å². The Morgan fingerprint density at radius 2 is 1.75 bits per heavy atom. The van der Waals surface area contributed by atoms with Gasteiger partial charge in [-0.05, 0) is 50.0 Å². The highest BCUT2D eigenvalue weighted by Gasteiger charge is 2.13. The van der Waals surface area contributed by atoms with Gasteiger partial charge in [-0.3, -0.25) is 0 Å². The van der Waals surface area contributed by atoms with E-state index in [4.69, 9.17) is 0 Å². The van der Waals surface area contributed by atoms with Crippen molar-refractivity contribution in [1.29, 1.82) is 0 Å². The van der Waals surface area contributed by atoms with Crippen LogP contribution in [0.25, 0.3) is 0 Å². The molecule has 2 nitrogen and oxygen atoms in total. The number of nitrogens with zero attached hydrogens (tertiary/aromatic N) is 1. The van der Waals surface area contributed by atoms with Gasteiger partial charge in [-0.2, -0.15) is 0 Å². The summed E-state index contributed by atoms with van der Waals surface area (Å²) in [6.45, 7) is 12.4. The average Bonchev–Trinajstić information content (AvgIpc) is 2.44. The summed E-state index contributed by atoms with van der Waals surface area (Å²) in [5.41, 5.74) is 2.84. The Hall–Kier alpha value is -0.860. The lowest BCUT2D eigenvalue weighted by atomic mass is 9.99. The SMILES string of the molecule is CCCN(CC)CC(NC)c1ccc(CC(C)C)cc1. The summed E-state index contributed by atoms with van der Waals surface area (Å²) in [6.07, 6.45) is 2.39. The molecule has 0 saturated carbocycles. The maximum atomic E-state index is 3.46. The number of nitrogens with one attached hydrogen (secondary N) is 1. The number of hydrogen-bond acceptors (Lipinski definition) is 2. The van der Waals surface area contributed by atoms with Crippen LogP contribution in [-0.4, -0.2) is 31.6 Å². The van der Waals surface area contributed by atoms with Gasteiger partial charge in [0.2, 0.25) is 0 Å². The summed E-state index contributed by atoms with van der Waals surface area (Å²) in [4.78, 5) is 2.52. The molecule has 0 fully saturated rings. The molecule has 0 spiro atoms. The Balaban J connectivity index is 2.69. The molecule has 0 bridgehead atoms. The van der Waals surface area contributed by atoms with Crippen molar-refractivity contribution in [2.75, 3.05) is 26.7 Å². The van der Waals surface area contributed by atoms with E-state index >= 15 is 0 Å². The van der Waals surface area contributed by atoms with Gasteiger partial charge in [0.25, 0.3) is 0 Å². The largest absolute Gasteiger partial charge is 0.312 e. The minimum absolute atomic E-state index is 0.426. The molecule has 0 aliphatic carbocycles. The molecule has 1 rings (SSSR count). The van der Waals surface area contributed by atoms with Crippen molar-refractivity contribution in [3.8, 4) is 0 Å². The lowest BCUT2D eigenvalue weighted by Gasteiger charge is -2.26. The summed E-state index contributed by atoms with van der Waals surface area (Å²) in [5.74, 6) is 0.723. The lowest BCUT2D eigenvalue weighted by Crippen LogP contribution is -2.34. The van der Waals surface area contributed by atoms with E-state index in [9.17, 15) is 0 Å². The molecule has 1 aromatic rings. The van der Waals surface area contributed by atoms with Gasteiger partial charge in [0, 0.05) is 12.6 Å². The molecule has 114 valence electrons. The molecule has 0 radical (unpaired) electrons. The molecule has 0 aliphatic rings. The van der Waals surface area contributed by atoms with Crippen LogP contribution >= 0.6 is 0 Å². The van der Waals surface area contributed by atoms with Gasteiger partial charge in [-0.25, -0.2) is 0 Å². The summed E-state index contributed by atoms with van der Waals surface area (Å²) >= 11 is 0. The van der Waals surface area contributed by atoms with E-state index in [-0.39, 0.29) is 0 Å². The molecule has 0 heterocycles. The molecule has 0 saturated heterocycles. The molecule has 1 unspecified atom stereocenters. The van der Waals surface area contributed by atoms with Gasteiger partial charge in [0.15, 0.2) is 0 Å². The molecular weight excluding hydrogens is 244 g/mol. The monoisotopic (exact) mass is 276 g/mol. The van der Waals surface area contributed by atoms with Gasteiger partial charge in [0.1, 0.15) is 0 Å². The Bertz CT molecular complexity index is 356. The summed E-state index contributed by atoms with van der Waals surface area (Å²) < 4.78 is 0. The maximum Gasteiger partial charge on any atom is 0.0446 e. The minimum Gasteiger partial charge on any atom is -0.312 e. The first-order valence-corrected chi connectivity index (χ1v) is 8.09. The van der Waals surface area contributed by atoms with Crippen molar-refractivity contribution in [3.05, 3.63) is 35.4 Å². The van der Waals surface area contributed by atoms with Crippen molar-refractivity contribution in [3.63, 3.8) is 0 Å². The van der Waals surface area contributed by atoms with Crippen molar-refractivity contribution in [1.82, 2.24) is 10.2 Å². The normalized spacial score (nSPS) is 13.2. The van der Waals surface area contributed by atoms with E-state index < -0.39 is 0 Å². The average molecular weight is 276 g/mol. The van der Waals surface area contributed by atoms with Gasteiger partial charge in [0.05, 0.1) is 0 Å². The third-order valence-corrected chi connectivity index (χ3v) is 3.80. The third-order valence-electron chi connectivity index (χ3n) is 3.80. The van der Waals surface area contributed by atoms with E-state index in [0.29, 0.717) is 6.04 Å². The molecule has 1 aromatic carbocycles. The predicted octanol–water partition coefficient (Wildman–Crippen LogP) is 3.88. The topological polar surface area (TPSA) is 15.3 Å². The van der Waals surface area contributed by atoms with Gasteiger partial charge >= 0.3 is 0 Å². The summed E-state index contributed by atoms with van der Waals surface area (Å²) in [5, 5.41) is 3.46. The van der Waals surface area contributed by atoms with Crippen LogP contribution in [-0.2, 0) is 6.42 Å². The molecule has 0 aliphatic heterocycles. The lowest BCUT2D eigenvalue weighted by molar-refractivity contribution is 0.259. The second-order valence-corrected chi connectivity index (χ2v) is 6.07. The molecule has 0 aromatic heterocycles. The second-order valence-electron chi connectivity index (χ2n) is 6.07. The number of rotatable bonds is 9. The predicted molar refractivity (Wildman–Crippen MR) is 89.2 cm³/mol. The Kier molecular flexibility index (Phi) is 7.86. The first-order valence-electron chi connectivity index (χ1n) is 8.09. The molecule has 1 N–H and O–H groups in total. The van der Waals surface area contributed by atoms with Crippen LogP contribution in [0.5, 0.6) is 0 Å². The first-order chi connectivity index (χ1) is 9.60. The maximum absolute atomic E-state index is 3.46. The smallest absolute Gasteiger partial charge is 0.0446 e. The van der Waals surface area contributed by atoms with Crippen molar-refractivity contribution >= 4 is 0 Å². The fourth-order valence-corrected chi connectivity index (χ4v) is 2.67. The van der Waals surface area contributed by atoms with Crippen LogP contribution in [0.3, 0.4) is 0 Å².